The number of benzene rings is 2. The molecule has 156 valence electrons. The van der Waals surface area contributed by atoms with Crippen LogP contribution in [0.4, 0.5) is 0 Å². The molecule has 1 saturated heterocycles. The zero-order chi connectivity index (χ0) is 21.1. The molecule has 1 aliphatic rings. The Bertz CT molecular complexity index is 1010. The van der Waals surface area contributed by atoms with Gasteiger partial charge in [0.15, 0.2) is 0 Å². The van der Waals surface area contributed by atoms with E-state index in [1.165, 1.54) is 5.56 Å². The van der Waals surface area contributed by atoms with Gasteiger partial charge < -0.3 is 14.2 Å². The molecule has 0 bridgehead atoms. The van der Waals surface area contributed by atoms with Gasteiger partial charge >= 0.3 is 0 Å². The molecule has 2 aromatic carbocycles. The summed E-state index contributed by atoms with van der Waals surface area (Å²) in [6, 6.07) is 16.0. The van der Waals surface area contributed by atoms with E-state index in [-0.39, 0.29) is 5.91 Å². The molecular formula is C24H26N2O3S. The van der Waals surface area contributed by atoms with Gasteiger partial charge in [-0.15, -0.1) is 11.8 Å². The summed E-state index contributed by atoms with van der Waals surface area (Å²) in [5.41, 5.74) is 4.03. The molecule has 1 fully saturated rings. The summed E-state index contributed by atoms with van der Waals surface area (Å²) in [4.78, 5) is 16.3. The molecule has 1 aromatic heterocycles. The van der Waals surface area contributed by atoms with Crippen LogP contribution in [0.1, 0.15) is 45.3 Å². The molecule has 0 aliphatic carbocycles. The smallest absolute Gasteiger partial charge is 0.255 e. The van der Waals surface area contributed by atoms with Crippen LogP contribution in [0.2, 0.25) is 0 Å². The topological polar surface area (TPSA) is 55.6 Å². The number of carbonyl (C=O) groups excluding carboxylic acids is 1. The van der Waals surface area contributed by atoms with E-state index in [9.17, 15) is 4.79 Å². The largest absolute Gasteiger partial charge is 0.497 e. The van der Waals surface area contributed by atoms with Gasteiger partial charge in [0, 0.05) is 35.2 Å². The highest BCUT2D eigenvalue weighted by Gasteiger charge is 2.29. The average molecular weight is 423 g/mol. The summed E-state index contributed by atoms with van der Waals surface area (Å²) < 4.78 is 10.5. The lowest BCUT2D eigenvalue weighted by molar-refractivity contribution is 0.0787. The minimum Gasteiger partial charge on any atom is -0.497 e. The number of methoxy groups -OCH3 is 1. The Morgan fingerprint density at radius 3 is 2.67 bits per heavy atom. The predicted molar refractivity (Wildman–Crippen MR) is 118 cm³/mol. The Balaban J connectivity index is 1.46. The standard InChI is InChI=1S/C24H26N2O3S/c1-16-22(17(2)29-25-16)15-30-23-7-5-4-6-21(23)24(27)26-13-12-19(14-26)18-8-10-20(28-3)11-9-18/h4-11,19H,12-15H2,1-3H3. The van der Waals surface area contributed by atoms with E-state index in [0.29, 0.717) is 5.92 Å². The molecule has 0 saturated carbocycles. The van der Waals surface area contributed by atoms with Crippen LogP contribution in [0.3, 0.4) is 0 Å². The highest BCUT2D eigenvalue weighted by atomic mass is 32.2. The number of aryl methyl sites for hydroxylation is 2. The maximum absolute atomic E-state index is 13.3. The maximum atomic E-state index is 13.3. The molecule has 1 atom stereocenters. The second-order valence-corrected chi connectivity index (χ2v) is 8.61. The van der Waals surface area contributed by atoms with E-state index in [1.807, 2.05) is 55.1 Å². The molecule has 2 heterocycles. The van der Waals surface area contributed by atoms with Crippen LogP contribution in [0.15, 0.2) is 57.9 Å². The number of hydrogen-bond acceptors (Lipinski definition) is 5. The molecule has 0 N–H and O–H groups in total. The first kappa shape index (κ1) is 20.5. The van der Waals surface area contributed by atoms with E-state index in [2.05, 4.69) is 17.3 Å². The van der Waals surface area contributed by atoms with E-state index in [1.54, 1.807) is 18.9 Å². The van der Waals surface area contributed by atoms with E-state index >= 15 is 0 Å². The van der Waals surface area contributed by atoms with Gasteiger partial charge in [0.2, 0.25) is 0 Å². The zero-order valence-corrected chi connectivity index (χ0v) is 18.4. The van der Waals surface area contributed by atoms with Gasteiger partial charge in [0.05, 0.1) is 18.4 Å². The third-order valence-electron chi connectivity index (χ3n) is 5.73. The number of aromatic nitrogens is 1. The van der Waals surface area contributed by atoms with Crippen molar-refractivity contribution in [3.8, 4) is 5.75 Å². The number of likely N-dealkylation sites (tertiary alicyclic amines) is 1. The van der Waals surface area contributed by atoms with E-state index in [4.69, 9.17) is 9.26 Å². The Morgan fingerprint density at radius 2 is 1.97 bits per heavy atom. The monoisotopic (exact) mass is 422 g/mol. The van der Waals surface area contributed by atoms with Gasteiger partial charge in [-0.2, -0.15) is 0 Å². The van der Waals surface area contributed by atoms with Crippen LogP contribution in [0, 0.1) is 13.8 Å². The molecule has 4 rings (SSSR count). The number of thioether (sulfide) groups is 1. The van der Waals surface area contributed by atoms with Crippen molar-refractivity contribution in [3.63, 3.8) is 0 Å². The van der Waals surface area contributed by atoms with E-state index in [0.717, 1.165) is 58.5 Å². The summed E-state index contributed by atoms with van der Waals surface area (Å²) >= 11 is 1.66. The molecular weight excluding hydrogens is 396 g/mol. The SMILES string of the molecule is COc1ccc(C2CCN(C(=O)c3ccccc3SCc3c(C)noc3C)C2)cc1. The minimum absolute atomic E-state index is 0.105. The van der Waals surface area contributed by atoms with Crippen LogP contribution in [-0.2, 0) is 5.75 Å². The molecule has 5 nitrogen and oxygen atoms in total. The minimum atomic E-state index is 0.105. The fraction of sp³-hybridized carbons (Fsp3) is 0.333. The molecule has 1 unspecified atom stereocenters. The quantitative estimate of drug-likeness (QED) is 0.510. The summed E-state index contributed by atoms with van der Waals surface area (Å²) in [6.45, 7) is 5.40. The van der Waals surface area contributed by atoms with Gasteiger partial charge in [0.1, 0.15) is 11.5 Å². The molecule has 1 aliphatic heterocycles. The Labute approximate surface area is 181 Å². The lowest BCUT2D eigenvalue weighted by Crippen LogP contribution is -2.28. The summed E-state index contributed by atoms with van der Waals surface area (Å²) in [5.74, 6) is 2.90. The number of rotatable bonds is 6. The molecule has 1 amide bonds. The van der Waals surface area contributed by atoms with Crippen LogP contribution in [0.25, 0.3) is 0 Å². The fourth-order valence-corrected chi connectivity index (χ4v) is 5.09. The second-order valence-electron chi connectivity index (χ2n) is 7.60. The summed E-state index contributed by atoms with van der Waals surface area (Å²) in [7, 11) is 1.67. The third-order valence-corrected chi connectivity index (χ3v) is 6.83. The first-order valence-electron chi connectivity index (χ1n) is 10.1. The zero-order valence-electron chi connectivity index (χ0n) is 17.6. The normalized spacial score (nSPS) is 16.1. The Kier molecular flexibility index (Phi) is 6.13. The number of ether oxygens (including phenoxy) is 1. The molecule has 30 heavy (non-hydrogen) atoms. The average Bonchev–Trinajstić information content (AvgIpc) is 3.39. The number of nitrogens with zero attached hydrogens (tertiary/aromatic N) is 2. The number of amides is 1. The van der Waals surface area contributed by atoms with Crippen molar-refractivity contribution in [1.82, 2.24) is 10.1 Å². The van der Waals surface area contributed by atoms with Gasteiger partial charge in [0.25, 0.3) is 5.91 Å². The van der Waals surface area contributed by atoms with Crippen LogP contribution >= 0.6 is 11.8 Å². The van der Waals surface area contributed by atoms with Gasteiger partial charge in [-0.25, -0.2) is 0 Å². The van der Waals surface area contributed by atoms with Crippen molar-refractivity contribution < 1.29 is 14.1 Å². The lowest BCUT2D eigenvalue weighted by Gasteiger charge is -2.19. The first-order chi connectivity index (χ1) is 14.6. The van der Waals surface area contributed by atoms with Gasteiger partial charge in [-0.3, -0.25) is 4.79 Å². The van der Waals surface area contributed by atoms with Crippen molar-refractivity contribution in [2.75, 3.05) is 20.2 Å². The fourth-order valence-electron chi connectivity index (χ4n) is 3.89. The maximum Gasteiger partial charge on any atom is 0.255 e. The summed E-state index contributed by atoms with van der Waals surface area (Å²) in [6.07, 6.45) is 0.979. The van der Waals surface area contributed by atoms with Crippen molar-refractivity contribution in [2.24, 2.45) is 0 Å². The van der Waals surface area contributed by atoms with Crippen molar-refractivity contribution in [2.45, 2.75) is 36.8 Å². The second kappa shape index (κ2) is 8.96. The molecule has 0 radical (unpaired) electrons. The van der Waals surface area contributed by atoms with Crippen molar-refractivity contribution >= 4 is 17.7 Å². The van der Waals surface area contributed by atoms with Gasteiger partial charge in [-0.05, 0) is 50.1 Å². The molecule has 6 heteroatoms. The van der Waals surface area contributed by atoms with E-state index < -0.39 is 0 Å². The van der Waals surface area contributed by atoms with Crippen molar-refractivity contribution in [1.29, 1.82) is 0 Å². The molecule has 0 spiro atoms. The highest BCUT2D eigenvalue weighted by molar-refractivity contribution is 7.98. The van der Waals surface area contributed by atoms with Crippen LogP contribution < -0.4 is 4.74 Å². The Morgan fingerprint density at radius 1 is 1.20 bits per heavy atom. The predicted octanol–water partition coefficient (Wildman–Crippen LogP) is 5.22. The Hall–Kier alpha value is -2.73. The number of hydrogen-bond donors (Lipinski definition) is 0. The highest BCUT2D eigenvalue weighted by Crippen LogP contribution is 2.33. The van der Waals surface area contributed by atoms with Crippen LogP contribution in [0.5, 0.6) is 5.75 Å². The first-order valence-corrected chi connectivity index (χ1v) is 11.1. The molecule has 3 aromatic rings. The van der Waals surface area contributed by atoms with Crippen molar-refractivity contribution in [3.05, 3.63) is 76.7 Å². The lowest BCUT2D eigenvalue weighted by atomic mass is 9.98. The van der Waals surface area contributed by atoms with Crippen LogP contribution in [-0.4, -0.2) is 36.2 Å². The van der Waals surface area contributed by atoms with Gasteiger partial charge in [-0.1, -0.05) is 29.4 Å². The third kappa shape index (κ3) is 4.24. The summed E-state index contributed by atoms with van der Waals surface area (Å²) in [5, 5.41) is 4.03. The number of carbonyl (C=O) groups is 1.